The minimum atomic E-state index is -0.791. The monoisotopic (exact) mass is 330 g/mol. The van der Waals surface area contributed by atoms with Crippen molar-refractivity contribution >= 4 is 29.3 Å². The highest BCUT2D eigenvalue weighted by atomic mass is 19.1. The van der Waals surface area contributed by atoms with Crippen molar-refractivity contribution in [2.45, 2.75) is 38.9 Å². The highest BCUT2D eigenvalue weighted by molar-refractivity contribution is 6.62. The third-order valence-corrected chi connectivity index (χ3v) is 4.94. The van der Waals surface area contributed by atoms with Crippen molar-refractivity contribution < 1.29 is 23.2 Å². The number of ether oxygens (including phenoxy) is 1. The van der Waals surface area contributed by atoms with Crippen LogP contribution in [0, 0.1) is 5.82 Å². The van der Waals surface area contributed by atoms with Crippen molar-refractivity contribution in [3.05, 3.63) is 41.7 Å². The molecule has 0 aromatic heterocycles. The number of carbonyl (C=O) groups excluding carboxylic acids is 1. The van der Waals surface area contributed by atoms with Crippen LogP contribution in [-0.4, -0.2) is 31.4 Å². The van der Waals surface area contributed by atoms with E-state index in [2.05, 4.69) is 0 Å². The van der Waals surface area contributed by atoms with Crippen molar-refractivity contribution in [2.75, 3.05) is 7.11 Å². The maximum atomic E-state index is 15.1. The van der Waals surface area contributed by atoms with Crippen LogP contribution < -0.4 is 5.46 Å². The molecule has 0 amide bonds. The summed E-state index contributed by atoms with van der Waals surface area (Å²) >= 11 is 0. The Bertz CT molecular complexity index is 800. The van der Waals surface area contributed by atoms with Crippen molar-refractivity contribution in [1.82, 2.24) is 0 Å². The van der Waals surface area contributed by atoms with Crippen LogP contribution in [0.15, 0.2) is 30.3 Å². The summed E-state index contributed by atoms with van der Waals surface area (Å²) < 4.78 is 31.7. The lowest BCUT2D eigenvalue weighted by Gasteiger charge is -2.32. The molecule has 0 bridgehead atoms. The summed E-state index contributed by atoms with van der Waals surface area (Å²) in [6, 6.07) is 8.18. The molecule has 0 spiro atoms. The molecule has 1 aliphatic rings. The fourth-order valence-corrected chi connectivity index (χ4v) is 2.78. The molecule has 2 aromatic rings. The third kappa shape index (κ3) is 2.50. The van der Waals surface area contributed by atoms with E-state index < -0.39 is 30.1 Å². The van der Waals surface area contributed by atoms with E-state index >= 15 is 4.39 Å². The molecule has 24 heavy (non-hydrogen) atoms. The second-order valence-electron chi connectivity index (χ2n) is 6.95. The molecule has 2 aromatic carbocycles. The summed E-state index contributed by atoms with van der Waals surface area (Å²) in [5, 5.41) is 0.840. The molecule has 4 nitrogen and oxygen atoms in total. The van der Waals surface area contributed by atoms with Crippen LogP contribution in [0.3, 0.4) is 0 Å². The van der Waals surface area contributed by atoms with Crippen molar-refractivity contribution in [2.24, 2.45) is 0 Å². The number of benzene rings is 2. The Morgan fingerprint density at radius 2 is 1.67 bits per heavy atom. The lowest BCUT2D eigenvalue weighted by Crippen LogP contribution is -2.41. The summed E-state index contributed by atoms with van der Waals surface area (Å²) in [4.78, 5) is 11.9. The van der Waals surface area contributed by atoms with Gasteiger partial charge in [-0.25, -0.2) is 9.18 Å². The molecule has 0 saturated carbocycles. The van der Waals surface area contributed by atoms with Gasteiger partial charge < -0.3 is 14.0 Å². The Morgan fingerprint density at radius 3 is 2.25 bits per heavy atom. The van der Waals surface area contributed by atoms with Gasteiger partial charge in [-0.1, -0.05) is 24.3 Å². The lowest BCUT2D eigenvalue weighted by molar-refractivity contribution is 0.00578. The molecule has 0 aliphatic carbocycles. The summed E-state index contributed by atoms with van der Waals surface area (Å²) in [7, 11) is 0.511. The van der Waals surface area contributed by atoms with E-state index in [1.54, 1.807) is 30.3 Å². The van der Waals surface area contributed by atoms with Gasteiger partial charge in [0.15, 0.2) is 0 Å². The molecule has 1 fully saturated rings. The van der Waals surface area contributed by atoms with Crippen LogP contribution in [0.5, 0.6) is 0 Å². The molecule has 0 radical (unpaired) electrons. The average Bonchev–Trinajstić information content (AvgIpc) is 2.74. The Balaban J connectivity index is 2.10. The topological polar surface area (TPSA) is 44.8 Å². The van der Waals surface area contributed by atoms with Crippen LogP contribution in [0.25, 0.3) is 10.8 Å². The smallest absolute Gasteiger partial charge is 0.465 e. The second kappa shape index (κ2) is 5.57. The first kappa shape index (κ1) is 16.9. The first-order valence-corrected chi connectivity index (χ1v) is 7.83. The van der Waals surface area contributed by atoms with Gasteiger partial charge in [-0.3, -0.25) is 0 Å². The maximum Gasteiger partial charge on any atom is 0.497 e. The van der Waals surface area contributed by atoms with Crippen LogP contribution >= 0.6 is 0 Å². The number of carbonyl (C=O) groups is 1. The Morgan fingerprint density at radius 1 is 1.04 bits per heavy atom. The van der Waals surface area contributed by atoms with Gasteiger partial charge in [0.25, 0.3) is 0 Å². The molecule has 1 heterocycles. The zero-order valence-corrected chi connectivity index (χ0v) is 14.5. The van der Waals surface area contributed by atoms with E-state index in [0.717, 1.165) is 0 Å². The predicted molar refractivity (Wildman–Crippen MR) is 91.0 cm³/mol. The van der Waals surface area contributed by atoms with Crippen molar-refractivity contribution in [3.8, 4) is 0 Å². The highest BCUT2D eigenvalue weighted by Gasteiger charge is 2.52. The average molecular weight is 330 g/mol. The van der Waals surface area contributed by atoms with Crippen molar-refractivity contribution in [3.63, 3.8) is 0 Å². The summed E-state index contributed by atoms with van der Waals surface area (Å²) in [5.41, 5.74) is -0.447. The zero-order valence-electron chi connectivity index (χ0n) is 14.5. The van der Waals surface area contributed by atoms with Gasteiger partial charge in [-0.2, -0.15) is 0 Å². The molecule has 0 unspecified atom stereocenters. The van der Waals surface area contributed by atoms with Gasteiger partial charge in [0.05, 0.1) is 23.9 Å². The molecule has 6 heteroatoms. The SMILES string of the molecule is COC(=O)c1cccc2c(F)c(B3OC(C)(C)C(C)(C)O3)ccc12. The highest BCUT2D eigenvalue weighted by Crippen LogP contribution is 2.37. The number of hydrogen-bond acceptors (Lipinski definition) is 4. The van der Waals surface area contributed by atoms with E-state index in [4.69, 9.17) is 14.0 Å². The molecule has 0 N–H and O–H groups in total. The third-order valence-electron chi connectivity index (χ3n) is 4.94. The van der Waals surface area contributed by atoms with Crippen molar-refractivity contribution in [1.29, 1.82) is 0 Å². The van der Waals surface area contributed by atoms with Gasteiger partial charge in [-0.15, -0.1) is 0 Å². The molecule has 1 aliphatic heterocycles. The predicted octanol–water partition coefficient (Wildman–Crippen LogP) is 3.06. The normalized spacial score (nSPS) is 18.8. The molecule has 1 saturated heterocycles. The van der Waals surface area contributed by atoms with Gasteiger partial charge in [0, 0.05) is 10.8 Å². The summed E-state index contributed by atoms with van der Waals surface area (Å²) in [5.74, 6) is -0.944. The summed E-state index contributed by atoms with van der Waals surface area (Å²) in [6.07, 6.45) is 0. The minimum absolute atomic E-state index is 0.322. The first-order chi connectivity index (χ1) is 11.2. The Kier molecular flexibility index (Phi) is 3.93. The number of fused-ring (bicyclic) bond motifs is 1. The zero-order chi connectivity index (χ0) is 17.7. The summed E-state index contributed by atoms with van der Waals surface area (Å²) in [6.45, 7) is 7.67. The molecule has 126 valence electrons. The van der Waals surface area contributed by atoms with Gasteiger partial charge >= 0.3 is 13.1 Å². The second-order valence-corrected chi connectivity index (χ2v) is 6.95. The first-order valence-electron chi connectivity index (χ1n) is 7.83. The Labute approximate surface area is 141 Å². The quantitative estimate of drug-likeness (QED) is 0.627. The van der Waals surface area contributed by atoms with Crippen LogP contribution in [0.2, 0.25) is 0 Å². The number of halogens is 1. The molecular formula is C18H20BFO4. The van der Waals surface area contributed by atoms with E-state index in [1.807, 2.05) is 27.7 Å². The molecular weight excluding hydrogens is 310 g/mol. The van der Waals surface area contributed by atoms with Gasteiger partial charge in [0.1, 0.15) is 5.82 Å². The Hall–Kier alpha value is -1.92. The van der Waals surface area contributed by atoms with E-state index in [-0.39, 0.29) is 0 Å². The lowest BCUT2D eigenvalue weighted by atomic mass is 9.77. The van der Waals surface area contributed by atoms with E-state index in [0.29, 0.717) is 21.8 Å². The fourth-order valence-electron chi connectivity index (χ4n) is 2.78. The number of esters is 1. The van der Waals surface area contributed by atoms with E-state index in [1.165, 1.54) is 7.11 Å². The number of hydrogen-bond donors (Lipinski definition) is 0. The van der Waals surface area contributed by atoms with Crippen LogP contribution in [0.1, 0.15) is 38.1 Å². The van der Waals surface area contributed by atoms with Crippen LogP contribution in [-0.2, 0) is 14.0 Å². The minimum Gasteiger partial charge on any atom is -0.465 e. The fraction of sp³-hybridized carbons (Fsp3) is 0.389. The largest absolute Gasteiger partial charge is 0.497 e. The standard InChI is InChI=1S/C18H20BFO4/c1-17(2)18(3,4)24-19(23-17)14-10-9-11-12(15(14)20)7-6-8-13(11)16(21)22-5/h6-10H,1-5H3. The van der Waals surface area contributed by atoms with Crippen LogP contribution in [0.4, 0.5) is 4.39 Å². The number of methoxy groups -OCH3 is 1. The molecule has 0 atom stereocenters. The molecule has 3 rings (SSSR count). The van der Waals surface area contributed by atoms with Gasteiger partial charge in [0.2, 0.25) is 0 Å². The maximum absolute atomic E-state index is 15.1. The van der Waals surface area contributed by atoms with Gasteiger partial charge in [-0.05, 0) is 39.1 Å². The number of rotatable bonds is 2. The van der Waals surface area contributed by atoms with E-state index in [9.17, 15) is 4.79 Å².